The van der Waals surface area contributed by atoms with E-state index in [9.17, 15) is 10.1 Å². The van der Waals surface area contributed by atoms with Crippen molar-refractivity contribution in [1.82, 2.24) is 4.57 Å². The van der Waals surface area contributed by atoms with Crippen LogP contribution in [0.2, 0.25) is 0 Å². The molecule has 0 spiro atoms. The van der Waals surface area contributed by atoms with Crippen LogP contribution in [0.1, 0.15) is 5.56 Å². The van der Waals surface area contributed by atoms with E-state index in [4.69, 9.17) is 9.47 Å². The van der Waals surface area contributed by atoms with Gasteiger partial charge >= 0.3 is 0 Å². The highest BCUT2D eigenvalue weighted by atomic mass is 16.7. The first-order valence-corrected chi connectivity index (χ1v) is 8.71. The molecule has 3 aromatic rings. The van der Waals surface area contributed by atoms with Gasteiger partial charge in [-0.15, -0.1) is 6.58 Å². The Labute approximate surface area is 161 Å². The second kappa shape index (κ2) is 7.33. The van der Waals surface area contributed by atoms with Gasteiger partial charge in [-0.3, -0.25) is 4.79 Å². The molecule has 4 rings (SSSR count). The SMILES string of the molecule is C=CCn1cc(/C=C(\C#N)C(=O)Nc2ccc3c(c2)OCO3)c2ccccc21. The molecule has 0 atom stereocenters. The Morgan fingerprint density at radius 1 is 1.25 bits per heavy atom. The smallest absolute Gasteiger partial charge is 0.266 e. The van der Waals surface area contributed by atoms with Crippen molar-refractivity contribution in [2.24, 2.45) is 0 Å². The zero-order valence-electron chi connectivity index (χ0n) is 15.0. The van der Waals surface area contributed by atoms with E-state index in [1.165, 1.54) is 0 Å². The molecule has 1 aromatic heterocycles. The first kappa shape index (κ1) is 17.4. The molecule has 0 saturated heterocycles. The molecule has 6 nitrogen and oxygen atoms in total. The van der Waals surface area contributed by atoms with Gasteiger partial charge in [0, 0.05) is 41.0 Å². The molecule has 0 radical (unpaired) electrons. The summed E-state index contributed by atoms with van der Waals surface area (Å²) in [5.74, 6) is 0.707. The van der Waals surface area contributed by atoms with Crippen molar-refractivity contribution in [3.05, 3.63) is 72.5 Å². The molecule has 0 unspecified atom stereocenters. The Hall–Kier alpha value is -3.98. The number of ether oxygens (including phenoxy) is 2. The average Bonchev–Trinajstić information content (AvgIpc) is 3.31. The minimum atomic E-state index is -0.484. The molecule has 138 valence electrons. The van der Waals surface area contributed by atoms with E-state index in [1.807, 2.05) is 41.1 Å². The maximum Gasteiger partial charge on any atom is 0.266 e. The van der Waals surface area contributed by atoms with Crippen LogP contribution in [-0.2, 0) is 11.3 Å². The fraction of sp³-hybridized carbons (Fsp3) is 0.0909. The summed E-state index contributed by atoms with van der Waals surface area (Å²) in [6.07, 6.45) is 5.32. The summed E-state index contributed by atoms with van der Waals surface area (Å²) in [5.41, 5.74) is 2.36. The first-order valence-electron chi connectivity index (χ1n) is 8.71. The fourth-order valence-corrected chi connectivity index (χ4v) is 3.16. The number of hydrogen-bond acceptors (Lipinski definition) is 4. The van der Waals surface area contributed by atoms with Crippen LogP contribution in [0.5, 0.6) is 11.5 Å². The number of rotatable bonds is 5. The number of nitrogens with zero attached hydrogens (tertiary/aromatic N) is 2. The van der Waals surface area contributed by atoms with E-state index in [0.29, 0.717) is 23.7 Å². The number of allylic oxidation sites excluding steroid dienone is 1. The lowest BCUT2D eigenvalue weighted by Gasteiger charge is -2.05. The number of benzene rings is 2. The maximum absolute atomic E-state index is 12.6. The zero-order chi connectivity index (χ0) is 19.5. The van der Waals surface area contributed by atoms with Gasteiger partial charge in [0.1, 0.15) is 11.6 Å². The minimum Gasteiger partial charge on any atom is -0.454 e. The lowest BCUT2D eigenvalue weighted by atomic mass is 10.1. The number of hydrogen-bond donors (Lipinski definition) is 1. The van der Waals surface area contributed by atoms with Gasteiger partial charge in [0.05, 0.1) is 0 Å². The van der Waals surface area contributed by atoms with E-state index in [2.05, 4.69) is 11.9 Å². The number of fused-ring (bicyclic) bond motifs is 2. The largest absolute Gasteiger partial charge is 0.454 e. The number of para-hydroxylation sites is 1. The third kappa shape index (κ3) is 3.21. The molecule has 0 saturated carbocycles. The van der Waals surface area contributed by atoms with Crippen molar-refractivity contribution >= 4 is 28.6 Å². The molecule has 0 aliphatic carbocycles. The van der Waals surface area contributed by atoms with Gasteiger partial charge in [0.25, 0.3) is 5.91 Å². The monoisotopic (exact) mass is 371 g/mol. The minimum absolute atomic E-state index is 0.0131. The molecular weight excluding hydrogens is 354 g/mol. The van der Waals surface area contributed by atoms with Crippen LogP contribution in [0.25, 0.3) is 17.0 Å². The van der Waals surface area contributed by atoms with Gasteiger partial charge in [-0.25, -0.2) is 0 Å². The normalized spacial score (nSPS) is 12.6. The summed E-state index contributed by atoms with van der Waals surface area (Å²) in [6.45, 7) is 4.57. The van der Waals surface area contributed by atoms with Gasteiger partial charge in [0.2, 0.25) is 6.79 Å². The van der Waals surface area contributed by atoms with Crippen LogP contribution in [0.4, 0.5) is 5.69 Å². The summed E-state index contributed by atoms with van der Waals surface area (Å²) < 4.78 is 12.6. The van der Waals surface area contributed by atoms with Crippen LogP contribution >= 0.6 is 0 Å². The molecule has 0 bridgehead atoms. The predicted octanol–water partition coefficient (Wildman–Crippen LogP) is 4.10. The molecule has 1 aliphatic rings. The van der Waals surface area contributed by atoms with Gasteiger partial charge in [0.15, 0.2) is 11.5 Å². The highest BCUT2D eigenvalue weighted by molar-refractivity contribution is 6.10. The van der Waals surface area contributed by atoms with Crippen molar-refractivity contribution in [2.75, 3.05) is 12.1 Å². The molecule has 0 fully saturated rings. The molecule has 1 aliphatic heterocycles. The zero-order valence-corrected chi connectivity index (χ0v) is 15.0. The third-order valence-electron chi connectivity index (χ3n) is 4.44. The van der Waals surface area contributed by atoms with Gasteiger partial charge in [-0.2, -0.15) is 5.26 Å². The molecule has 2 aromatic carbocycles. The summed E-state index contributed by atoms with van der Waals surface area (Å²) in [6, 6.07) is 14.9. The van der Waals surface area contributed by atoms with Crippen LogP contribution in [0.15, 0.2) is 66.9 Å². The standard InChI is InChI=1S/C22H17N3O3/c1-2-9-25-13-16(18-5-3-4-6-19(18)25)10-15(12-23)22(26)24-17-7-8-20-21(11-17)28-14-27-20/h2-8,10-11,13H,1,9,14H2,(H,24,26)/b15-10+. The van der Waals surface area contributed by atoms with Gasteiger partial charge < -0.3 is 19.4 Å². The Bertz CT molecular complexity index is 1150. The average molecular weight is 371 g/mol. The number of nitriles is 1. The van der Waals surface area contributed by atoms with Crippen molar-refractivity contribution in [2.45, 2.75) is 6.54 Å². The number of carbonyl (C=O) groups is 1. The fourth-order valence-electron chi connectivity index (χ4n) is 3.16. The highest BCUT2D eigenvalue weighted by Crippen LogP contribution is 2.34. The summed E-state index contributed by atoms with van der Waals surface area (Å²) in [5, 5.41) is 13.2. The van der Waals surface area contributed by atoms with E-state index in [0.717, 1.165) is 16.5 Å². The maximum atomic E-state index is 12.6. The Morgan fingerprint density at radius 2 is 2.07 bits per heavy atom. The lowest BCUT2D eigenvalue weighted by molar-refractivity contribution is -0.112. The Morgan fingerprint density at radius 3 is 2.89 bits per heavy atom. The number of amides is 1. The van der Waals surface area contributed by atoms with Crippen molar-refractivity contribution < 1.29 is 14.3 Å². The number of anilines is 1. The molecular formula is C22H17N3O3. The van der Waals surface area contributed by atoms with Crippen molar-refractivity contribution in [1.29, 1.82) is 5.26 Å². The van der Waals surface area contributed by atoms with E-state index in [1.54, 1.807) is 30.4 Å². The Kier molecular flexibility index (Phi) is 4.56. The first-order chi connectivity index (χ1) is 13.7. The van der Waals surface area contributed by atoms with Crippen molar-refractivity contribution in [3.8, 4) is 17.6 Å². The van der Waals surface area contributed by atoms with Crippen LogP contribution in [0, 0.1) is 11.3 Å². The number of nitrogens with one attached hydrogen (secondary N) is 1. The van der Waals surface area contributed by atoms with E-state index >= 15 is 0 Å². The predicted molar refractivity (Wildman–Crippen MR) is 107 cm³/mol. The van der Waals surface area contributed by atoms with Crippen LogP contribution < -0.4 is 14.8 Å². The topological polar surface area (TPSA) is 76.3 Å². The summed E-state index contributed by atoms with van der Waals surface area (Å²) in [4.78, 5) is 12.6. The molecule has 2 heterocycles. The Balaban J connectivity index is 1.64. The van der Waals surface area contributed by atoms with E-state index < -0.39 is 5.91 Å². The van der Waals surface area contributed by atoms with Crippen LogP contribution in [-0.4, -0.2) is 17.3 Å². The van der Waals surface area contributed by atoms with E-state index in [-0.39, 0.29) is 12.4 Å². The molecule has 28 heavy (non-hydrogen) atoms. The molecule has 6 heteroatoms. The second-order valence-corrected chi connectivity index (χ2v) is 6.23. The van der Waals surface area contributed by atoms with Crippen molar-refractivity contribution in [3.63, 3.8) is 0 Å². The lowest BCUT2D eigenvalue weighted by Crippen LogP contribution is -2.13. The molecule has 1 amide bonds. The quantitative estimate of drug-likeness (QED) is 0.416. The third-order valence-corrected chi connectivity index (χ3v) is 4.44. The number of carbonyl (C=O) groups excluding carboxylic acids is 1. The summed E-state index contributed by atoms with van der Waals surface area (Å²) in [7, 11) is 0. The highest BCUT2D eigenvalue weighted by Gasteiger charge is 2.16. The van der Waals surface area contributed by atoms with Gasteiger partial charge in [-0.1, -0.05) is 24.3 Å². The summed E-state index contributed by atoms with van der Waals surface area (Å²) >= 11 is 0. The molecule has 1 N–H and O–H groups in total. The van der Waals surface area contributed by atoms with Gasteiger partial charge in [-0.05, 0) is 24.3 Å². The van der Waals surface area contributed by atoms with Crippen LogP contribution in [0.3, 0.4) is 0 Å². The second-order valence-electron chi connectivity index (χ2n) is 6.23. The number of aromatic nitrogens is 1.